The van der Waals surface area contributed by atoms with Gasteiger partial charge in [-0.3, -0.25) is 0 Å². The maximum absolute atomic E-state index is 12.1. The van der Waals surface area contributed by atoms with Crippen LogP contribution in [0.25, 0.3) is 0 Å². The fourth-order valence-electron chi connectivity index (χ4n) is 4.18. The zero-order valence-electron chi connectivity index (χ0n) is 18.7. The predicted octanol–water partition coefficient (Wildman–Crippen LogP) is 5.66. The van der Waals surface area contributed by atoms with E-state index in [4.69, 9.17) is 0 Å². The second-order valence-electron chi connectivity index (χ2n) is 7.51. The van der Waals surface area contributed by atoms with Gasteiger partial charge in [-0.05, 0) is 68.7 Å². The summed E-state index contributed by atoms with van der Waals surface area (Å²) in [6, 6.07) is 26.6. The van der Waals surface area contributed by atoms with Crippen molar-refractivity contribution in [2.24, 2.45) is 0 Å². The number of rotatable bonds is 9. The van der Waals surface area contributed by atoms with Gasteiger partial charge < -0.3 is 14.9 Å². The Labute approximate surface area is 181 Å². The van der Waals surface area contributed by atoms with E-state index in [0.29, 0.717) is 0 Å². The highest BCUT2D eigenvalue weighted by Gasteiger charge is 2.33. The smallest absolute Gasteiger partial charge is 0.140 e. The van der Waals surface area contributed by atoms with Gasteiger partial charge in [0.1, 0.15) is 5.60 Å². The van der Waals surface area contributed by atoms with Gasteiger partial charge in [0.15, 0.2) is 0 Å². The van der Waals surface area contributed by atoms with Crippen molar-refractivity contribution < 1.29 is 5.11 Å². The van der Waals surface area contributed by atoms with Crippen molar-refractivity contribution in [2.45, 2.75) is 33.3 Å². The van der Waals surface area contributed by atoms with Crippen LogP contribution in [0, 0.1) is 0 Å². The van der Waals surface area contributed by atoms with Crippen LogP contribution in [0.1, 0.15) is 44.4 Å². The molecule has 3 heteroatoms. The fraction of sp³-hybridized carbons (Fsp3) is 0.333. The molecule has 0 spiro atoms. The van der Waals surface area contributed by atoms with Gasteiger partial charge in [0.25, 0.3) is 0 Å². The van der Waals surface area contributed by atoms with Crippen molar-refractivity contribution in [3.63, 3.8) is 0 Å². The highest BCUT2D eigenvalue weighted by Crippen LogP contribution is 2.38. The molecule has 3 aromatic carbocycles. The molecule has 158 valence electrons. The van der Waals surface area contributed by atoms with E-state index in [1.165, 1.54) is 11.4 Å². The number of hydrogen-bond acceptors (Lipinski definition) is 3. The van der Waals surface area contributed by atoms with Crippen molar-refractivity contribution in [1.29, 1.82) is 0 Å². The highest BCUT2D eigenvalue weighted by atomic mass is 16.3. The van der Waals surface area contributed by atoms with Crippen LogP contribution >= 0.6 is 0 Å². The summed E-state index contributed by atoms with van der Waals surface area (Å²) < 4.78 is 0. The third-order valence-electron chi connectivity index (χ3n) is 6.02. The zero-order valence-corrected chi connectivity index (χ0v) is 18.7. The summed E-state index contributed by atoms with van der Waals surface area (Å²) in [4.78, 5) is 4.62. The van der Waals surface area contributed by atoms with Gasteiger partial charge in [0.2, 0.25) is 0 Å². The van der Waals surface area contributed by atoms with Crippen LogP contribution in [-0.4, -0.2) is 31.3 Å². The van der Waals surface area contributed by atoms with Crippen molar-refractivity contribution in [1.82, 2.24) is 0 Å². The van der Waals surface area contributed by atoms with Crippen LogP contribution in [0.15, 0.2) is 78.9 Å². The average Bonchev–Trinajstić information content (AvgIpc) is 2.81. The first-order chi connectivity index (χ1) is 14.6. The highest BCUT2D eigenvalue weighted by molar-refractivity contribution is 5.55. The number of anilines is 2. The fourth-order valence-corrected chi connectivity index (χ4v) is 4.18. The number of hydrogen-bond donors (Lipinski definition) is 1. The molecule has 0 amide bonds. The van der Waals surface area contributed by atoms with Gasteiger partial charge in [-0.2, -0.15) is 0 Å². The minimum atomic E-state index is -1.20. The second-order valence-corrected chi connectivity index (χ2v) is 7.51. The van der Waals surface area contributed by atoms with E-state index in [1.807, 2.05) is 30.3 Å². The maximum Gasteiger partial charge on any atom is 0.140 e. The average molecular weight is 403 g/mol. The monoisotopic (exact) mass is 402 g/mol. The molecule has 30 heavy (non-hydrogen) atoms. The lowest BCUT2D eigenvalue weighted by Gasteiger charge is -2.31. The summed E-state index contributed by atoms with van der Waals surface area (Å²) in [6.45, 7) is 12.5. The standard InChI is InChI=1S/C27H34N2O/c1-5-28(6-2)25-18-14-23(15-19-25)27(30,22-12-10-9-11-13-22)24-16-20-26(21-17-24)29(7-3)8-4/h9-21,30H,5-8H2,1-4H3. The van der Waals surface area contributed by atoms with Crippen LogP contribution in [-0.2, 0) is 5.60 Å². The third kappa shape index (κ3) is 4.22. The molecule has 3 nitrogen and oxygen atoms in total. The Kier molecular flexibility index (Phi) is 7.17. The molecule has 3 aromatic rings. The quantitative estimate of drug-likeness (QED) is 0.468. The van der Waals surface area contributed by atoms with Crippen LogP contribution in [0.5, 0.6) is 0 Å². The molecule has 0 saturated heterocycles. The summed E-state index contributed by atoms with van der Waals surface area (Å²) in [6.07, 6.45) is 0. The maximum atomic E-state index is 12.1. The van der Waals surface area contributed by atoms with Gasteiger partial charge in [-0.1, -0.05) is 54.6 Å². The lowest BCUT2D eigenvalue weighted by molar-refractivity contribution is 0.126. The first kappa shape index (κ1) is 21.9. The minimum Gasteiger partial charge on any atom is -0.376 e. The molecular formula is C27H34N2O. The first-order valence-electron chi connectivity index (χ1n) is 11.1. The molecule has 3 rings (SSSR count). The Morgan fingerprint density at radius 2 is 0.867 bits per heavy atom. The molecule has 0 fully saturated rings. The lowest BCUT2D eigenvalue weighted by Crippen LogP contribution is -2.29. The molecule has 0 saturated carbocycles. The van der Waals surface area contributed by atoms with Gasteiger partial charge in [0.05, 0.1) is 0 Å². The van der Waals surface area contributed by atoms with Crippen molar-refractivity contribution in [3.8, 4) is 0 Å². The Hall–Kier alpha value is -2.78. The first-order valence-corrected chi connectivity index (χ1v) is 11.1. The third-order valence-corrected chi connectivity index (χ3v) is 6.02. The van der Waals surface area contributed by atoms with Crippen molar-refractivity contribution in [3.05, 3.63) is 95.6 Å². The zero-order chi connectivity index (χ0) is 21.6. The molecule has 0 unspecified atom stereocenters. The summed E-state index contributed by atoms with van der Waals surface area (Å²) in [7, 11) is 0. The summed E-state index contributed by atoms with van der Waals surface area (Å²) in [5.41, 5.74) is 3.77. The summed E-state index contributed by atoms with van der Waals surface area (Å²) in [5, 5.41) is 12.1. The summed E-state index contributed by atoms with van der Waals surface area (Å²) in [5.74, 6) is 0. The SMILES string of the molecule is CCN(CC)c1ccc(C(O)(c2ccccc2)c2ccc(N(CC)CC)cc2)cc1. The molecule has 0 bridgehead atoms. The molecule has 0 aromatic heterocycles. The molecule has 0 radical (unpaired) electrons. The summed E-state index contributed by atoms with van der Waals surface area (Å²) >= 11 is 0. The van der Waals surface area contributed by atoms with Gasteiger partial charge in [-0.15, -0.1) is 0 Å². The van der Waals surface area contributed by atoms with E-state index < -0.39 is 5.60 Å². The van der Waals surface area contributed by atoms with E-state index in [0.717, 1.165) is 42.9 Å². The van der Waals surface area contributed by atoms with Gasteiger partial charge >= 0.3 is 0 Å². The predicted molar refractivity (Wildman–Crippen MR) is 129 cm³/mol. The van der Waals surface area contributed by atoms with E-state index in [9.17, 15) is 5.11 Å². The molecule has 0 heterocycles. The largest absolute Gasteiger partial charge is 0.376 e. The van der Waals surface area contributed by atoms with Crippen molar-refractivity contribution in [2.75, 3.05) is 36.0 Å². The van der Waals surface area contributed by atoms with Gasteiger partial charge in [-0.25, -0.2) is 0 Å². The molecule has 0 aliphatic rings. The molecular weight excluding hydrogens is 368 g/mol. The van der Waals surface area contributed by atoms with Gasteiger partial charge in [0, 0.05) is 37.6 Å². The topological polar surface area (TPSA) is 26.7 Å². The van der Waals surface area contributed by atoms with E-state index in [-0.39, 0.29) is 0 Å². The molecule has 0 atom stereocenters. The van der Waals surface area contributed by atoms with Crippen LogP contribution in [0.4, 0.5) is 11.4 Å². The Morgan fingerprint density at radius 3 is 1.20 bits per heavy atom. The normalized spacial score (nSPS) is 11.4. The number of benzene rings is 3. The minimum absolute atomic E-state index is 0.871. The van der Waals surface area contributed by atoms with E-state index in [2.05, 4.69) is 86.0 Å². The van der Waals surface area contributed by atoms with Crippen LogP contribution < -0.4 is 9.80 Å². The lowest BCUT2D eigenvalue weighted by atomic mass is 9.80. The Bertz CT molecular complexity index is 840. The second kappa shape index (κ2) is 9.82. The van der Waals surface area contributed by atoms with E-state index in [1.54, 1.807) is 0 Å². The molecule has 0 aliphatic carbocycles. The van der Waals surface area contributed by atoms with Crippen LogP contribution in [0.3, 0.4) is 0 Å². The molecule has 1 N–H and O–H groups in total. The molecule has 0 aliphatic heterocycles. The Balaban J connectivity index is 2.07. The van der Waals surface area contributed by atoms with Crippen molar-refractivity contribution >= 4 is 11.4 Å². The van der Waals surface area contributed by atoms with E-state index >= 15 is 0 Å². The number of aliphatic hydroxyl groups is 1. The Morgan fingerprint density at radius 1 is 0.533 bits per heavy atom. The van der Waals surface area contributed by atoms with Crippen LogP contribution in [0.2, 0.25) is 0 Å². The number of nitrogens with zero attached hydrogens (tertiary/aromatic N) is 2.